The molecule has 5 atom stereocenters. The van der Waals surface area contributed by atoms with Gasteiger partial charge < -0.3 is 19.3 Å². The Balaban J connectivity index is 1.77. The van der Waals surface area contributed by atoms with E-state index in [1.54, 1.807) is 67.6 Å². The summed E-state index contributed by atoms with van der Waals surface area (Å²) in [7, 11) is 0. The van der Waals surface area contributed by atoms with Gasteiger partial charge in [0, 0.05) is 0 Å². The normalized spacial score (nSPS) is 26.5. The van der Waals surface area contributed by atoms with Crippen molar-refractivity contribution in [1.82, 2.24) is 0 Å². The average molecular weight is 416 g/mol. The van der Waals surface area contributed by atoms with Gasteiger partial charge >= 0.3 is 11.9 Å². The highest BCUT2D eigenvalue weighted by Gasteiger charge is 2.48. The fourth-order valence-corrected chi connectivity index (χ4v) is 4.10. The van der Waals surface area contributed by atoms with Crippen LogP contribution in [0.2, 0.25) is 0 Å². The van der Waals surface area contributed by atoms with Crippen LogP contribution < -0.4 is 0 Å². The van der Waals surface area contributed by atoms with Crippen LogP contribution in [0.5, 0.6) is 0 Å². The van der Waals surface area contributed by atoms with Crippen molar-refractivity contribution < 1.29 is 28.9 Å². The Morgan fingerprint density at radius 1 is 0.931 bits per heavy atom. The van der Waals surface area contributed by atoms with Crippen LogP contribution in [0.4, 0.5) is 0 Å². The molecule has 1 aliphatic rings. The zero-order valence-corrected chi connectivity index (χ0v) is 17.1. The summed E-state index contributed by atoms with van der Waals surface area (Å²) in [5.74, 6) is -0.430. The van der Waals surface area contributed by atoms with Gasteiger partial charge in [0.15, 0.2) is 12.2 Å². The number of hydrogen-bond acceptors (Lipinski definition) is 7. The first kappa shape index (κ1) is 21.4. The Morgan fingerprint density at radius 3 is 1.90 bits per heavy atom. The molecule has 0 amide bonds. The maximum atomic E-state index is 12.5. The Hall–Kier alpha value is -2.35. The van der Waals surface area contributed by atoms with Crippen molar-refractivity contribution in [3.63, 3.8) is 0 Å². The number of aliphatic hydroxyl groups is 1. The molecule has 0 aliphatic carbocycles. The third kappa shape index (κ3) is 5.18. The number of carbonyl (C=O) groups excluding carboxylic acids is 2. The minimum Gasteiger partial charge on any atom is -0.453 e. The quantitative estimate of drug-likeness (QED) is 0.724. The molecule has 1 aliphatic heterocycles. The summed E-state index contributed by atoms with van der Waals surface area (Å²) in [6.45, 7) is 3.67. The van der Waals surface area contributed by atoms with Crippen LogP contribution in [0.15, 0.2) is 60.7 Å². The standard InChI is InChI=1S/C22H24O6S/c1-3-29-22-19(28-21(25)16-12-8-5-9-13-16)17(23)18(14(2)26-22)27-20(24)15-10-6-4-7-11-15/h4-14,17-19,22-23H,3H2,1-2H3/t14-,17+,18-,19+,22-/m0/s1. The van der Waals surface area contributed by atoms with Crippen molar-refractivity contribution in [3.8, 4) is 0 Å². The Labute approximate surface area is 174 Å². The summed E-state index contributed by atoms with van der Waals surface area (Å²) in [4.78, 5) is 25.0. The van der Waals surface area contributed by atoms with Gasteiger partial charge in [-0.3, -0.25) is 0 Å². The van der Waals surface area contributed by atoms with Gasteiger partial charge in [0.05, 0.1) is 17.2 Å². The lowest BCUT2D eigenvalue weighted by molar-refractivity contribution is -0.194. The maximum absolute atomic E-state index is 12.5. The Morgan fingerprint density at radius 2 is 1.41 bits per heavy atom. The van der Waals surface area contributed by atoms with Crippen molar-refractivity contribution in [2.24, 2.45) is 0 Å². The molecule has 0 saturated carbocycles. The van der Waals surface area contributed by atoms with Gasteiger partial charge in [-0.05, 0) is 36.9 Å². The highest BCUT2D eigenvalue weighted by atomic mass is 32.2. The van der Waals surface area contributed by atoms with E-state index < -0.39 is 41.8 Å². The van der Waals surface area contributed by atoms with E-state index in [4.69, 9.17) is 14.2 Å². The predicted octanol–water partition coefficient (Wildman–Crippen LogP) is 3.30. The van der Waals surface area contributed by atoms with Crippen LogP contribution in [-0.4, -0.2) is 52.6 Å². The Kier molecular flexibility index (Phi) is 7.30. The predicted molar refractivity (Wildman–Crippen MR) is 110 cm³/mol. The lowest BCUT2D eigenvalue weighted by Crippen LogP contribution is -2.58. The van der Waals surface area contributed by atoms with Gasteiger partial charge in [-0.15, -0.1) is 11.8 Å². The van der Waals surface area contributed by atoms with Crippen molar-refractivity contribution >= 4 is 23.7 Å². The number of esters is 2. The number of rotatable bonds is 6. The van der Waals surface area contributed by atoms with E-state index >= 15 is 0 Å². The molecule has 1 fully saturated rings. The molecule has 1 N–H and O–H groups in total. The topological polar surface area (TPSA) is 82.1 Å². The van der Waals surface area contributed by atoms with Crippen LogP contribution in [-0.2, 0) is 14.2 Å². The van der Waals surface area contributed by atoms with Crippen LogP contribution in [0.1, 0.15) is 34.6 Å². The minimum atomic E-state index is -1.22. The van der Waals surface area contributed by atoms with Gasteiger partial charge in [0.2, 0.25) is 0 Å². The zero-order valence-electron chi connectivity index (χ0n) is 16.3. The second-order valence-corrected chi connectivity index (χ2v) is 8.00. The number of ether oxygens (including phenoxy) is 3. The fourth-order valence-electron chi connectivity index (χ4n) is 3.11. The minimum absolute atomic E-state index is 0.370. The molecule has 0 bridgehead atoms. The van der Waals surface area contributed by atoms with E-state index in [1.807, 2.05) is 6.92 Å². The van der Waals surface area contributed by atoms with Gasteiger partial charge in [-0.25, -0.2) is 9.59 Å². The van der Waals surface area contributed by atoms with Crippen molar-refractivity contribution in [2.45, 2.75) is 43.7 Å². The molecule has 3 rings (SSSR count). The number of hydrogen-bond donors (Lipinski definition) is 1. The summed E-state index contributed by atoms with van der Waals surface area (Å²) in [5, 5.41) is 10.9. The average Bonchev–Trinajstić information content (AvgIpc) is 2.75. The van der Waals surface area contributed by atoms with E-state index in [-0.39, 0.29) is 0 Å². The van der Waals surface area contributed by atoms with E-state index in [1.165, 1.54) is 11.8 Å². The van der Waals surface area contributed by atoms with Gasteiger partial charge in [0.25, 0.3) is 0 Å². The second-order valence-electron chi connectivity index (χ2n) is 6.63. The van der Waals surface area contributed by atoms with Crippen molar-refractivity contribution in [1.29, 1.82) is 0 Å². The van der Waals surface area contributed by atoms with Gasteiger partial charge in [0.1, 0.15) is 11.5 Å². The molecular formula is C22H24O6S. The van der Waals surface area contributed by atoms with E-state index in [0.29, 0.717) is 16.9 Å². The summed E-state index contributed by atoms with van der Waals surface area (Å²) >= 11 is 1.42. The number of carbonyl (C=O) groups is 2. The summed E-state index contributed by atoms with van der Waals surface area (Å²) in [6, 6.07) is 17.0. The lowest BCUT2D eigenvalue weighted by atomic mass is 10.00. The highest BCUT2D eigenvalue weighted by Crippen LogP contribution is 2.32. The maximum Gasteiger partial charge on any atom is 0.338 e. The molecule has 1 saturated heterocycles. The third-order valence-electron chi connectivity index (χ3n) is 4.59. The van der Waals surface area contributed by atoms with Crippen LogP contribution in [0.3, 0.4) is 0 Å². The lowest BCUT2D eigenvalue weighted by Gasteiger charge is -2.42. The van der Waals surface area contributed by atoms with E-state index in [2.05, 4.69) is 0 Å². The summed E-state index contributed by atoms with van der Waals surface area (Å²) in [6.07, 6.45) is -3.72. The molecular weight excluding hydrogens is 392 g/mol. The van der Waals surface area contributed by atoms with Gasteiger partial charge in [-0.1, -0.05) is 43.3 Å². The van der Waals surface area contributed by atoms with Crippen LogP contribution >= 0.6 is 11.8 Å². The molecule has 154 valence electrons. The van der Waals surface area contributed by atoms with Crippen molar-refractivity contribution in [2.75, 3.05) is 5.75 Å². The molecule has 0 radical (unpaired) electrons. The molecule has 0 aromatic heterocycles. The zero-order chi connectivity index (χ0) is 20.8. The number of aliphatic hydroxyl groups excluding tert-OH is 1. The third-order valence-corrected chi connectivity index (χ3v) is 5.63. The Bertz CT molecular complexity index is 813. The number of thioether (sulfide) groups is 1. The SMILES string of the molecule is CCS[C@@H]1O[C@@H](C)[C@H](OC(=O)c2ccccc2)[C@@H](O)[C@H]1OC(=O)c1ccccc1. The molecule has 0 spiro atoms. The summed E-state index contributed by atoms with van der Waals surface area (Å²) in [5.41, 5.74) is 0.176. The largest absolute Gasteiger partial charge is 0.453 e. The van der Waals surface area contributed by atoms with Crippen LogP contribution in [0, 0.1) is 0 Å². The number of benzene rings is 2. The monoisotopic (exact) mass is 416 g/mol. The first-order valence-corrected chi connectivity index (χ1v) is 10.5. The van der Waals surface area contributed by atoms with Gasteiger partial charge in [-0.2, -0.15) is 0 Å². The first-order chi connectivity index (χ1) is 14.0. The second kappa shape index (κ2) is 9.91. The summed E-state index contributed by atoms with van der Waals surface area (Å²) < 4.78 is 17.1. The van der Waals surface area contributed by atoms with Crippen molar-refractivity contribution in [3.05, 3.63) is 71.8 Å². The van der Waals surface area contributed by atoms with Crippen LogP contribution in [0.25, 0.3) is 0 Å². The molecule has 2 aromatic rings. The fraction of sp³-hybridized carbons (Fsp3) is 0.364. The highest BCUT2D eigenvalue weighted by molar-refractivity contribution is 7.99. The smallest absolute Gasteiger partial charge is 0.338 e. The first-order valence-electron chi connectivity index (χ1n) is 9.48. The molecule has 29 heavy (non-hydrogen) atoms. The molecule has 2 aromatic carbocycles. The molecule has 6 nitrogen and oxygen atoms in total. The van der Waals surface area contributed by atoms with E-state index in [0.717, 1.165) is 0 Å². The molecule has 7 heteroatoms. The van der Waals surface area contributed by atoms with E-state index in [9.17, 15) is 14.7 Å². The molecule has 1 heterocycles. The molecule has 0 unspecified atom stereocenters.